The van der Waals surface area contributed by atoms with Gasteiger partial charge in [0.15, 0.2) is 0 Å². The van der Waals surface area contributed by atoms with E-state index in [-0.39, 0.29) is 5.78 Å². The molecule has 118 valence electrons. The zero-order valence-electron chi connectivity index (χ0n) is 13.7. The van der Waals surface area contributed by atoms with Gasteiger partial charge in [-0.25, -0.2) is 0 Å². The van der Waals surface area contributed by atoms with Crippen LogP contribution in [0.25, 0.3) is 6.08 Å². The quantitative estimate of drug-likeness (QED) is 0.872. The van der Waals surface area contributed by atoms with Crippen molar-refractivity contribution >= 4 is 17.5 Å². The molecular weight excluding hydrogens is 290 g/mol. The van der Waals surface area contributed by atoms with Crippen molar-refractivity contribution < 1.29 is 14.3 Å². The minimum atomic E-state index is -0.0699. The van der Waals surface area contributed by atoms with Gasteiger partial charge in [0.25, 0.3) is 0 Å². The number of hydrogen-bond donors (Lipinski definition) is 1. The first-order valence-corrected chi connectivity index (χ1v) is 7.40. The SMILES string of the molecule is COc1cc2c(c(OC)c1)C(=O)/C(=C/c1ccc(C)cc1C)N2. The highest BCUT2D eigenvalue weighted by Gasteiger charge is 2.29. The van der Waals surface area contributed by atoms with Crippen molar-refractivity contribution in [2.45, 2.75) is 13.8 Å². The molecule has 4 nitrogen and oxygen atoms in total. The van der Waals surface area contributed by atoms with E-state index in [1.165, 1.54) is 5.56 Å². The number of carbonyl (C=O) groups excluding carboxylic acids is 1. The molecule has 0 saturated carbocycles. The molecule has 1 aliphatic rings. The van der Waals surface area contributed by atoms with Crippen LogP contribution in [-0.2, 0) is 0 Å². The summed E-state index contributed by atoms with van der Waals surface area (Å²) in [5.41, 5.74) is 5.15. The van der Waals surface area contributed by atoms with E-state index in [0.29, 0.717) is 28.4 Å². The van der Waals surface area contributed by atoms with Crippen LogP contribution in [0.2, 0.25) is 0 Å². The van der Waals surface area contributed by atoms with E-state index in [4.69, 9.17) is 9.47 Å². The van der Waals surface area contributed by atoms with Gasteiger partial charge < -0.3 is 14.8 Å². The molecule has 0 aliphatic carbocycles. The largest absolute Gasteiger partial charge is 0.497 e. The van der Waals surface area contributed by atoms with Gasteiger partial charge in [0, 0.05) is 12.1 Å². The van der Waals surface area contributed by atoms with Crippen LogP contribution in [0.5, 0.6) is 11.5 Å². The fourth-order valence-electron chi connectivity index (χ4n) is 2.78. The minimum absolute atomic E-state index is 0.0699. The molecule has 0 amide bonds. The van der Waals surface area contributed by atoms with Gasteiger partial charge in [0.2, 0.25) is 5.78 Å². The van der Waals surface area contributed by atoms with Crippen molar-refractivity contribution in [3.63, 3.8) is 0 Å². The Kier molecular flexibility index (Phi) is 3.82. The lowest BCUT2D eigenvalue weighted by atomic mass is 10.0. The summed E-state index contributed by atoms with van der Waals surface area (Å²) < 4.78 is 10.6. The topological polar surface area (TPSA) is 47.6 Å². The van der Waals surface area contributed by atoms with Gasteiger partial charge in [-0.1, -0.05) is 23.8 Å². The first-order valence-electron chi connectivity index (χ1n) is 7.40. The van der Waals surface area contributed by atoms with E-state index in [9.17, 15) is 4.79 Å². The smallest absolute Gasteiger partial charge is 0.215 e. The molecule has 3 rings (SSSR count). The predicted octanol–water partition coefficient (Wildman–Crippen LogP) is 3.97. The second-order valence-electron chi connectivity index (χ2n) is 5.62. The molecule has 0 saturated heterocycles. The van der Waals surface area contributed by atoms with Crippen LogP contribution in [-0.4, -0.2) is 20.0 Å². The van der Waals surface area contributed by atoms with Gasteiger partial charge in [0.1, 0.15) is 11.5 Å². The number of ketones is 1. The summed E-state index contributed by atoms with van der Waals surface area (Å²) in [6.45, 7) is 4.09. The molecule has 0 aromatic heterocycles. The van der Waals surface area contributed by atoms with E-state index < -0.39 is 0 Å². The van der Waals surface area contributed by atoms with E-state index in [0.717, 1.165) is 11.1 Å². The number of Topliss-reactive ketones (excluding diaryl/α,β-unsaturated/α-hetero) is 1. The van der Waals surface area contributed by atoms with Crippen LogP contribution < -0.4 is 14.8 Å². The number of aryl methyl sites for hydroxylation is 2. The van der Waals surface area contributed by atoms with Crippen molar-refractivity contribution in [3.8, 4) is 11.5 Å². The van der Waals surface area contributed by atoms with E-state index in [2.05, 4.69) is 18.3 Å². The zero-order chi connectivity index (χ0) is 16.6. The van der Waals surface area contributed by atoms with Gasteiger partial charge in [-0.3, -0.25) is 4.79 Å². The number of carbonyl (C=O) groups is 1. The predicted molar refractivity (Wildman–Crippen MR) is 91.4 cm³/mol. The number of methoxy groups -OCH3 is 2. The maximum Gasteiger partial charge on any atom is 0.215 e. The highest BCUT2D eigenvalue weighted by atomic mass is 16.5. The van der Waals surface area contributed by atoms with Gasteiger partial charge in [-0.05, 0) is 31.1 Å². The second-order valence-corrected chi connectivity index (χ2v) is 5.62. The number of benzene rings is 2. The van der Waals surface area contributed by atoms with Crippen molar-refractivity contribution in [3.05, 3.63) is 58.3 Å². The molecule has 1 aliphatic heterocycles. The standard InChI is InChI=1S/C19H19NO3/c1-11-5-6-13(12(2)7-11)8-16-19(21)18-15(20-16)9-14(22-3)10-17(18)23-4/h5-10,20H,1-4H3/b16-8-. The molecule has 2 aromatic rings. The molecule has 0 spiro atoms. The van der Waals surface area contributed by atoms with Gasteiger partial charge in [-0.2, -0.15) is 0 Å². The van der Waals surface area contributed by atoms with Crippen molar-refractivity contribution in [1.82, 2.24) is 0 Å². The summed E-state index contributed by atoms with van der Waals surface area (Å²) >= 11 is 0. The highest BCUT2D eigenvalue weighted by Crippen LogP contribution is 2.39. The minimum Gasteiger partial charge on any atom is -0.497 e. The van der Waals surface area contributed by atoms with Gasteiger partial charge in [-0.15, -0.1) is 0 Å². The highest BCUT2D eigenvalue weighted by molar-refractivity contribution is 6.22. The normalized spacial score (nSPS) is 14.6. The lowest BCUT2D eigenvalue weighted by molar-refractivity contribution is 0.104. The van der Waals surface area contributed by atoms with E-state index >= 15 is 0 Å². The Morgan fingerprint density at radius 3 is 2.48 bits per heavy atom. The lowest BCUT2D eigenvalue weighted by Crippen LogP contribution is -2.01. The number of ether oxygens (including phenoxy) is 2. The molecule has 0 radical (unpaired) electrons. The van der Waals surface area contributed by atoms with Crippen molar-refractivity contribution in [2.75, 3.05) is 19.5 Å². The number of fused-ring (bicyclic) bond motifs is 1. The number of rotatable bonds is 3. The third kappa shape index (κ3) is 2.68. The summed E-state index contributed by atoms with van der Waals surface area (Å²) in [7, 11) is 3.14. The zero-order valence-corrected chi connectivity index (χ0v) is 13.7. The van der Waals surface area contributed by atoms with Crippen molar-refractivity contribution in [2.24, 2.45) is 0 Å². The monoisotopic (exact) mass is 309 g/mol. The fraction of sp³-hybridized carbons (Fsp3) is 0.211. The first kappa shape index (κ1) is 15.2. The summed E-state index contributed by atoms with van der Waals surface area (Å²) in [6, 6.07) is 9.68. The molecule has 1 N–H and O–H groups in total. The van der Waals surface area contributed by atoms with E-state index in [1.54, 1.807) is 26.4 Å². The van der Waals surface area contributed by atoms with Crippen LogP contribution in [0.3, 0.4) is 0 Å². The van der Waals surface area contributed by atoms with E-state index in [1.807, 2.05) is 25.1 Å². The molecule has 23 heavy (non-hydrogen) atoms. The maximum absolute atomic E-state index is 12.7. The lowest BCUT2D eigenvalue weighted by Gasteiger charge is -2.08. The molecule has 0 fully saturated rings. The second kappa shape index (κ2) is 5.80. The van der Waals surface area contributed by atoms with Gasteiger partial charge >= 0.3 is 0 Å². The van der Waals surface area contributed by atoms with Crippen LogP contribution in [0, 0.1) is 13.8 Å². The van der Waals surface area contributed by atoms with Crippen LogP contribution in [0.15, 0.2) is 36.0 Å². The average molecular weight is 309 g/mol. The maximum atomic E-state index is 12.7. The summed E-state index contributed by atoms with van der Waals surface area (Å²) in [4.78, 5) is 12.7. The molecule has 4 heteroatoms. The number of nitrogens with one attached hydrogen (secondary N) is 1. The Bertz CT molecular complexity index is 822. The Balaban J connectivity index is 2.05. The molecule has 0 unspecified atom stereocenters. The van der Waals surface area contributed by atoms with Crippen LogP contribution in [0.1, 0.15) is 27.0 Å². The Hall–Kier alpha value is -2.75. The molecular formula is C19H19NO3. The van der Waals surface area contributed by atoms with Crippen molar-refractivity contribution in [1.29, 1.82) is 0 Å². The number of anilines is 1. The fourth-order valence-corrected chi connectivity index (χ4v) is 2.78. The summed E-state index contributed by atoms with van der Waals surface area (Å²) in [5, 5.41) is 3.18. The Labute approximate surface area is 135 Å². The summed E-state index contributed by atoms with van der Waals surface area (Å²) in [6.07, 6.45) is 1.88. The average Bonchev–Trinajstić information content (AvgIpc) is 2.85. The molecule has 2 aromatic carbocycles. The molecule has 0 atom stereocenters. The molecule has 0 bridgehead atoms. The van der Waals surface area contributed by atoms with Crippen LogP contribution in [0.4, 0.5) is 5.69 Å². The Morgan fingerprint density at radius 2 is 1.83 bits per heavy atom. The number of allylic oxidation sites excluding steroid dienone is 1. The molecule has 1 heterocycles. The third-order valence-electron chi connectivity index (χ3n) is 4.00. The third-order valence-corrected chi connectivity index (χ3v) is 4.00. The van der Waals surface area contributed by atoms with Crippen LogP contribution >= 0.6 is 0 Å². The van der Waals surface area contributed by atoms with Gasteiger partial charge in [0.05, 0.1) is 31.2 Å². The summed E-state index contributed by atoms with van der Waals surface area (Å²) in [5.74, 6) is 1.09. The number of hydrogen-bond acceptors (Lipinski definition) is 4. The Morgan fingerprint density at radius 1 is 1.04 bits per heavy atom. The first-order chi connectivity index (χ1) is 11.0.